The molecule has 0 aliphatic heterocycles. The second-order valence-electron chi connectivity index (χ2n) is 7.08. The number of carbonyl (C=O) groups is 3. The van der Waals surface area contributed by atoms with E-state index in [1.807, 2.05) is 26.8 Å². The molecule has 2 amide bonds. The van der Waals surface area contributed by atoms with Crippen molar-refractivity contribution in [1.29, 1.82) is 0 Å². The van der Waals surface area contributed by atoms with Crippen molar-refractivity contribution in [3.63, 3.8) is 0 Å². The molecule has 0 spiro atoms. The number of amides is 2. The zero-order chi connectivity index (χ0) is 20.8. The van der Waals surface area contributed by atoms with E-state index >= 15 is 0 Å². The molecule has 0 fully saturated rings. The summed E-state index contributed by atoms with van der Waals surface area (Å²) in [6, 6.07) is 11.4. The molecule has 2 N–H and O–H groups in total. The summed E-state index contributed by atoms with van der Waals surface area (Å²) in [6.45, 7) is 7.43. The zero-order valence-corrected chi connectivity index (χ0v) is 16.8. The molecule has 2 aromatic carbocycles. The molecule has 0 aromatic heterocycles. The summed E-state index contributed by atoms with van der Waals surface area (Å²) >= 11 is 0. The van der Waals surface area contributed by atoms with Gasteiger partial charge in [-0.25, -0.2) is 4.79 Å². The number of methoxy groups -OCH3 is 1. The molecule has 148 valence electrons. The van der Waals surface area contributed by atoms with E-state index in [9.17, 15) is 14.4 Å². The van der Waals surface area contributed by atoms with Crippen LogP contribution in [0.2, 0.25) is 0 Å². The lowest BCUT2D eigenvalue weighted by atomic mass is 10.0. The van der Waals surface area contributed by atoms with Crippen molar-refractivity contribution in [2.75, 3.05) is 12.4 Å². The fourth-order valence-corrected chi connectivity index (χ4v) is 2.81. The van der Waals surface area contributed by atoms with Crippen LogP contribution in [0.15, 0.2) is 42.5 Å². The molecule has 28 heavy (non-hydrogen) atoms. The third-order valence-electron chi connectivity index (χ3n) is 4.42. The van der Waals surface area contributed by atoms with Gasteiger partial charge in [0, 0.05) is 11.3 Å². The number of esters is 1. The van der Waals surface area contributed by atoms with Gasteiger partial charge in [-0.2, -0.15) is 0 Å². The van der Waals surface area contributed by atoms with Crippen LogP contribution in [0.1, 0.15) is 45.7 Å². The lowest BCUT2D eigenvalue weighted by Gasteiger charge is -2.22. The van der Waals surface area contributed by atoms with Crippen molar-refractivity contribution in [1.82, 2.24) is 5.32 Å². The van der Waals surface area contributed by atoms with Crippen molar-refractivity contribution in [3.05, 3.63) is 64.7 Å². The largest absolute Gasteiger partial charge is 0.465 e. The molecule has 6 heteroatoms. The summed E-state index contributed by atoms with van der Waals surface area (Å²) in [6.07, 6.45) is 0. The van der Waals surface area contributed by atoms with E-state index in [1.165, 1.54) is 7.11 Å². The Bertz CT molecular complexity index is 890. The van der Waals surface area contributed by atoms with Crippen LogP contribution >= 0.6 is 0 Å². The van der Waals surface area contributed by atoms with E-state index < -0.39 is 12.0 Å². The Kier molecular flexibility index (Phi) is 6.93. The van der Waals surface area contributed by atoms with Gasteiger partial charge in [0.05, 0.1) is 12.7 Å². The molecule has 2 aromatic rings. The van der Waals surface area contributed by atoms with E-state index in [-0.39, 0.29) is 17.7 Å². The number of ether oxygens (including phenoxy) is 1. The number of carbonyl (C=O) groups excluding carboxylic acids is 3. The lowest BCUT2D eigenvalue weighted by Crippen LogP contribution is -2.47. The summed E-state index contributed by atoms with van der Waals surface area (Å²) in [7, 11) is 1.32. The highest BCUT2D eigenvalue weighted by atomic mass is 16.5. The summed E-state index contributed by atoms with van der Waals surface area (Å²) < 4.78 is 4.70. The first-order valence-electron chi connectivity index (χ1n) is 9.10. The molecule has 2 rings (SSSR count). The summed E-state index contributed by atoms with van der Waals surface area (Å²) in [5, 5.41) is 5.65. The van der Waals surface area contributed by atoms with E-state index in [4.69, 9.17) is 4.74 Å². The average Bonchev–Trinajstić information content (AvgIpc) is 2.66. The Labute approximate surface area is 165 Å². The summed E-state index contributed by atoms with van der Waals surface area (Å²) in [5.41, 5.74) is 3.19. The minimum atomic E-state index is -0.701. The third kappa shape index (κ3) is 5.19. The van der Waals surface area contributed by atoms with Crippen molar-refractivity contribution in [2.24, 2.45) is 5.92 Å². The first-order chi connectivity index (χ1) is 13.2. The van der Waals surface area contributed by atoms with Crippen LogP contribution in [-0.4, -0.2) is 30.9 Å². The Hall–Kier alpha value is -3.15. The van der Waals surface area contributed by atoms with Gasteiger partial charge in [0.25, 0.3) is 5.91 Å². The van der Waals surface area contributed by atoms with Crippen LogP contribution in [-0.2, 0) is 9.53 Å². The van der Waals surface area contributed by atoms with E-state index in [0.29, 0.717) is 16.8 Å². The lowest BCUT2D eigenvalue weighted by molar-refractivity contribution is -0.118. The minimum Gasteiger partial charge on any atom is -0.465 e. The molecule has 0 aliphatic rings. The fraction of sp³-hybridized carbons (Fsp3) is 0.318. The molecule has 6 nitrogen and oxygen atoms in total. The Morgan fingerprint density at radius 3 is 2.25 bits per heavy atom. The third-order valence-corrected chi connectivity index (χ3v) is 4.42. The van der Waals surface area contributed by atoms with Gasteiger partial charge in [-0.3, -0.25) is 9.59 Å². The van der Waals surface area contributed by atoms with Crippen molar-refractivity contribution in [2.45, 2.75) is 33.7 Å². The molecule has 0 saturated carbocycles. The monoisotopic (exact) mass is 382 g/mol. The SMILES string of the molecule is COC(=O)c1ccc(NC(=O)[C@@H](NC(=O)c2cccc(C)c2)C(C)C)c(C)c1. The van der Waals surface area contributed by atoms with Gasteiger partial charge < -0.3 is 15.4 Å². The molecule has 0 heterocycles. The number of hydrogen-bond acceptors (Lipinski definition) is 4. The molecule has 0 bridgehead atoms. The van der Waals surface area contributed by atoms with Crippen LogP contribution in [0.3, 0.4) is 0 Å². The maximum absolute atomic E-state index is 12.8. The van der Waals surface area contributed by atoms with Crippen molar-refractivity contribution >= 4 is 23.5 Å². The smallest absolute Gasteiger partial charge is 0.337 e. The standard InChI is InChI=1S/C22H26N2O4/c1-13(2)19(24-20(25)16-8-6-7-14(3)11-16)21(26)23-18-10-9-17(12-15(18)4)22(27)28-5/h6-13,19H,1-5H3,(H,23,26)(H,24,25)/t19-/m0/s1. The quantitative estimate of drug-likeness (QED) is 0.749. The molecule has 0 radical (unpaired) electrons. The van der Waals surface area contributed by atoms with Gasteiger partial charge in [-0.1, -0.05) is 31.5 Å². The van der Waals surface area contributed by atoms with Gasteiger partial charge in [-0.15, -0.1) is 0 Å². The maximum Gasteiger partial charge on any atom is 0.337 e. The van der Waals surface area contributed by atoms with Crippen molar-refractivity contribution < 1.29 is 19.1 Å². The zero-order valence-electron chi connectivity index (χ0n) is 16.8. The van der Waals surface area contributed by atoms with Gasteiger partial charge in [0.15, 0.2) is 0 Å². The first kappa shape index (κ1) is 21.2. The normalized spacial score (nSPS) is 11.6. The second kappa shape index (κ2) is 9.17. The van der Waals surface area contributed by atoms with E-state index in [1.54, 1.807) is 43.3 Å². The number of benzene rings is 2. The predicted octanol–water partition coefficient (Wildman–Crippen LogP) is 3.48. The highest BCUT2D eigenvalue weighted by molar-refractivity contribution is 6.02. The van der Waals surface area contributed by atoms with E-state index in [0.717, 1.165) is 11.1 Å². The highest BCUT2D eigenvalue weighted by Crippen LogP contribution is 2.18. The second-order valence-corrected chi connectivity index (χ2v) is 7.08. The number of nitrogens with one attached hydrogen (secondary N) is 2. The Morgan fingerprint density at radius 1 is 0.964 bits per heavy atom. The van der Waals surface area contributed by atoms with E-state index in [2.05, 4.69) is 10.6 Å². The molecule has 0 unspecified atom stereocenters. The molecular formula is C22H26N2O4. The summed E-state index contributed by atoms with van der Waals surface area (Å²) in [5.74, 6) is -1.16. The van der Waals surface area contributed by atoms with Gasteiger partial charge in [0.2, 0.25) is 5.91 Å². The van der Waals surface area contributed by atoms with Gasteiger partial charge >= 0.3 is 5.97 Å². The Morgan fingerprint density at radius 2 is 1.68 bits per heavy atom. The van der Waals surface area contributed by atoms with Gasteiger partial charge in [0.1, 0.15) is 6.04 Å². The fourth-order valence-electron chi connectivity index (χ4n) is 2.81. The van der Waals surface area contributed by atoms with Crippen molar-refractivity contribution in [3.8, 4) is 0 Å². The Balaban J connectivity index is 2.15. The topological polar surface area (TPSA) is 84.5 Å². The maximum atomic E-state index is 12.8. The van der Waals surface area contributed by atoms with Crippen LogP contribution in [0, 0.1) is 19.8 Å². The number of aryl methyl sites for hydroxylation is 2. The first-order valence-corrected chi connectivity index (χ1v) is 9.10. The number of hydrogen-bond donors (Lipinski definition) is 2. The minimum absolute atomic E-state index is 0.108. The van der Waals surface area contributed by atoms with Crippen LogP contribution in [0.5, 0.6) is 0 Å². The molecule has 1 atom stereocenters. The number of anilines is 1. The van der Waals surface area contributed by atoms with Crippen LogP contribution in [0.4, 0.5) is 5.69 Å². The van der Waals surface area contributed by atoms with Gasteiger partial charge in [-0.05, 0) is 55.7 Å². The molecule has 0 saturated heterocycles. The molecule has 0 aliphatic carbocycles. The molecular weight excluding hydrogens is 356 g/mol. The predicted molar refractivity (Wildman–Crippen MR) is 108 cm³/mol. The highest BCUT2D eigenvalue weighted by Gasteiger charge is 2.25. The van der Waals surface area contributed by atoms with Crippen LogP contribution in [0.25, 0.3) is 0 Å². The average molecular weight is 382 g/mol. The van der Waals surface area contributed by atoms with Crippen LogP contribution < -0.4 is 10.6 Å². The summed E-state index contributed by atoms with van der Waals surface area (Å²) in [4.78, 5) is 37.0. The number of rotatable bonds is 6.